The molecule has 2 heterocycles. The monoisotopic (exact) mass is 966 g/mol. The van der Waals surface area contributed by atoms with Crippen LogP contribution in [-0.2, 0) is 30.4 Å². The van der Waals surface area contributed by atoms with Crippen LogP contribution in [0.5, 0.6) is 11.5 Å². The molecule has 376 valence electrons. The predicted molar refractivity (Wildman–Crippen MR) is 261 cm³/mol. The average molecular weight is 967 g/mol. The van der Waals surface area contributed by atoms with Gasteiger partial charge in [-0.2, -0.15) is 0 Å². The number of unbranched alkanes of at least 4 members (excludes halogenated alkanes) is 2. The topological polar surface area (TPSA) is 221 Å². The Bertz CT molecular complexity index is 2300. The number of rotatable bonds is 25. The summed E-state index contributed by atoms with van der Waals surface area (Å²) in [6, 6.07) is 19.7. The number of nitrogens with one attached hydrogen (secondary N) is 1. The fraction of sp³-hybridized carbons (Fsp3) is 0.491. The molecule has 0 aromatic heterocycles. The van der Waals surface area contributed by atoms with Crippen molar-refractivity contribution in [1.82, 2.24) is 10.2 Å². The second-order valence-electron chi connectivity index (χ2n) is 18.0. The lowest BCUT2D eigenvalue weighted by atomic mass is 9.55. The van der Waals surface area contributed by atoms with Gasteiger partial charge in [0, 0.05) is 68.8 Å². The number of oxime groups is 1. The molecule has 4 aliphatic rings. The molecule has 2 fully saturated rings. The number of fused-ring (bicyclic) bond motifs is 2. The van der Waals surface area contributed by atoms with Gasteiger partial charge in [0.1, 0.15) is 17.5 Å². The summed E-state index contributed by atoms with van der Waals surface area (Å²) in [5.41, 5.74) is 3.54. The van der Waals surface area contributed by atoms with E-state index in [0.29, 0.717) is 61.5 Å². The van der Waals surface area contributed by atoms with E-state index in [1.54, 1.807) is 41.3 Å². The SMILES string of the molecule is C=CCO[C@@]12Oc3ccc(OC(=O)NCc4ccccc4)cc3[C@H]3[C@H](CCCCO)[C@@H](CCCCO)C=C(C(=NOC4CCCCO4)C[C@@H]1N(CCOCCO)C(=O)C=Cc1ccc([N+](=O)[O-])cc1)[C@H]32. The van der Waals surface area contributed by atoms with Crippen molar-refractivity contribution < 1.29 is 58.4 Å². The van der Waals surface area contributed by atoms with Crippen molar-refractivity contribution >= 4 is 29.5 Å². The highest BCUT2D eigenvalue weighted by molar-refractivity contribution is 6.03. The highest BCUT2D eigenvalue weighted by Crippen LogP contribution is 2.62. The first kappa shape index (κ1) is 51.9. The smallest absolute Gasteiger partial charge is 0.412 e. The summed E-state index contributed by atoms with van der Waals surface area (Å²) in [6.07, 6.45) is 12.2. The summed E-state index contributed by atoms with van der Waals surface area (Å²) in [4.78, 5) is 47.1. The minimum atomic E-state index is -1.60. The molecule has 2 aliphatic heterocycles. The molecule has 0 radical (unpaired) electrons. The van der Waals surface area contributed by atoms with Gasteiger partial charge in [-0.05, 0) is 103 Å². The third kappa shape index (κ3) is 12.9. The number of nitro groups is 1. The molecular weight excluding hydrogens is 901 g/mol. The quantitative estimate of drug-likeness (QED) is 0.0212. The molecule has 1 saturated carbocycles. The van der Waals surface area contributed by atoms with Crippen LogP contribution in [0.4, 0.5) is 10.5 Å². The van der Waals surface area contributed by atoms with Crippen LogP contribution >= 0.6 is 0 Å². The molecule has 17 heteroatoms. The number of benzene rings is 3. The van der Waals surface area contributed by atoms with E-state index >= 15 is 0 Å². The molecule has 0 spiro atoms. The molecule has 70 heavy (non-hydrogen) atoms. The number of aliphatic hydroxyl groups excluding tert-OH is 3. The molecule has 7 rings (SSSR count). The molecule has 3 aromatic carbocycles. The fourth-order valence-corrected chi connectivity index (χ4v) is 10.3. The van der Waals surface area contributed by atoms with Gasteiger partial charge in [-0.3, -0.25) is 14.9 Å². The maximum Gasteiger partial charge on any atom is 0.412 e. The summed E-state index contributed by atoms with van der Waals surface area (Å²) < 4.78 is 32.1. The normalized spacial score (nSPS) is 24.2. The van der Waals surface area contributed by atoms with E-state index in [4.69, 9.17) is 33.7 Å². The minimum Gasteiger partial charge on any atom is -0.459 e. The van der Waals surface area contributed by atoms with E-state index < -0.39 is 46.9 Å². The van der Waals surface area contributed by atoms with Crippen molar-refractivity contribution in [2.75, 3.05) is 52.8 Å². The van der Waals surface area contributed by atoms with Gasteiger partial charge in [-0.1, -0.05) is 60.5 Å². The molecule has 1 saturated heterocycles. The van der Waals surface area contributed by atoms with Crippen LogP contribution in [0.25, 0.3) is 6.08 Å². The third-order valence-electron chi connectivity index (χ3n) is 13.4. The Labute approximate surface area is 408 Å². The van der Waals surface area contributed by atoms with Crippen LogP contribution in [0.1, 0.15) is 86.8 Å². The molecule has 7 atom stereocenters. The first-order chi connectivity index (χ1) is 34.2. The molecule has 1 unspecified atom stereocenters. The van der Waals surface area contributed by atoms with E-state index in [0.717, 1.165) is 42.4 Å². The minimum absolute atomic E-state index is 0.0154. The number of nitro benzene ring substituents is 1. The van der Waals surface area contributed by atoms with Gasteiger partial charge in [-0.15, -0.1) is 6.58 Å². The summed E-state index contributed by atoms with van der Waals surface area (Å²) in [7, 11) is 0. The molecular formula is C53H66N4O13. The number of carbonyl (C=O) groups excluding carboxylic acids is 2. The van der Waals surface area contributed by atoms with E-state index in [1.165, 1.54) is 18.2 Å². The average Bonchev–Trinajstić information content (AvgIpc) is 3.38. The molecule has 17 nitrogen and oxygen atoms in total. The zero-order chi connectivity index (χ0) is 49.3. The van der Waals surface area contributed by atoms with Gasteiger partial charge in [0.05, 0.1) is 49.6 Å². The van der Waals surface area contributed by atoms with Gasteiger partial charge in [0.2, 0.25) is 18.0 Å². The molecule has 4 N–H and O–H groups in total. The first-order valence-corrected chi connectivity index (χ1v) is 24.5. The summed E-state index contributed by atoms with van der Waals surface area (Å²) >= 11 is 0. The van der Waals surface area contributed by atoms with Crippen molar-refractivity contribution in [3.05, 3.63) is 130 Å². The number of allylic oxidation sites excluding steroid dienone is 1. The second kappa shape index (κ2) is 25.8. The van der Waals surface area contributed by atoms with Crippen molar-refractivity contribution in [2.24, 2.45) is 22.9 Å². The van der Waals surface area contributed by atoms with Gasteiger partial charge in [0.25, 0.3) is 5.69 Å². The summed E-state index contributed by atoms with van der Waals surface area (Å²) in [5.74, 6) is -2.49. The lowest BCUT2D eigenvalue weighted by Crippen LogP contribution is -2.70. The molecule has 2 amide bonds. The Kier molecular flexibility index (Phi) is 19.1. The molecule has 0 bridgehead atoms. The highest BCUT2D eigenvalue weighted by atomic mass is 16.8. The number of amides is 2. The van der Waals surface area contributed by atoms with Gasteiger partial charge >= 0.3 is 6.09 Å². The van der Waals surface area contributed by atoms with Crippen molar-refractivity contribution in [1.29, 1.82) is 0 Å². The van der Waals surface area contributed by atoms with Gasteiger partial charge < -0.3 is 54.1 Å². The predicted octanol–water partition coefficient (Wildman–Crippen LogP) is 7.59. The Hall–Kier alpha value is -5.95. The maximum absolute atomic E-state index is 15.0. The Balaban J connectivity index is 1.39. The van der Waals surface area contributed by atoms with Crippen LogP contribution < -0.4 is 14.8 Å². The van der Waals surface area contributed by atoms with Crippen LogP contribution in [0.2, 0.25) is 0 Å². The lowest BCUT2D eigenvalue weighted by Gasteiger charge is -2.60. The number of aliphatic hydroxyl groups is 3. The van der Waals surface area contributed by atoms with Crippen LogP contribution in [-0.4, -0.2) is 114 Å². The zero-order valence-electron chi connectivity index (χ0n) is 39.6. The Morgan fingerprint density at radius 1 is 0.971 bits per heavy atom. The van der Waals surface area contributed by atoms with Crippen LogP contribution in [0, 0.1) is 27.9 Å². The van der Waals surface area contributed by atoms with Crippen LogP contribution in [0.3, 0.4) is 0 Å². The first-order valence-electron chi connectivity index (χ1n) is 24.5. The van der Waals surface area contributed by atoms with E-state index in [1.807, 2.05) is 36.4 Å². The maximum atomic E-state index is 15.0. The summed E-state index contributed by atoms with van der Waals surface area (Å²) in [5, 5.41) is 48.8. The third-order valence-corrected chi connectivity index (χ3v) is 13.4. The lowest BCUT2D eigenvalue weighted by molar-refractivity contribution is -0.384. The number of nitrogens with zero attached hydrogens (tertiary/aromatic N) is 3. The Morgan fingerprint density at radius 3 is 2.47 bits per heavy atom. The van der Waals surface area contributed by atoms with E-state index in [9.17, 15) is 35.0 Å². The van der Waals surface area contributed by atoms with Crippen molar-refractivity contribution in [2.45, 2.75) is 94.8 Å². The zero-order valence-corrected chi connectivity index (χ0v) is 39.6. The number of hydrogen-bond acceptors (Lipinski definition) is 14. The van der Waals surface area contributed by atoms with Gasteiger partial charge in [0.15, 0.2) is 0 Å². The fourth-order valence-electron chi connectivity index (χ4n) is 10.3. The second-order valence-corrected chi connectivity index (χ2v) is 18.0. The van der Waals surface area contributed by atoms with Gasteiger partial charge in [-0.25, -0.2) is 4.79 Å². The number of ether oxygens (including phenoxy) is 5. The van der Waals surface area contributed by atoms with Crippen molar-refractivity contribution in [3.8, 4) is 11.5 Å². The van der Waals surface area contributed by atoms with E-state index in [2.05, 4.69) is 18.0 Å². The Morgan fingerprint density at radius 2 is 1.76 bits per heavy atom. The standard InChI is InChI=1S/C53H66N4O13/c1-2-29-67-53-47(56(25-31-65-32-28-60)48(61)24-19-37-17-20-40(21-18-37)57(63)64)35-45(55-70-49-16-8-11-30-66-49)43-33-39(14-6-9-26-58)42(15-7-10-27-59)50(51(43)53)44-34-41(22-23-46(44)69-53)68-52(62)54-36-38-12-4-3-5-13-38/h2-5,12-13,17-24,33-34,39,42,47,49-51,58-60H,1,6-11,14-16,25-32,35-36H2,(H,54,62)/t39-,42+,47-,49?,50+,51+,53+/m0/s1. The summed E-state index contributed by atoms with van der Waals surface area (Å²) in [6.45, 7) is 4.78. The highest BCUT2D eigenvalue weighted by Gasteiger charge is 2.65. The van der Waals surface area contributed by atoms with E-state index in [-0.39, 0.29) is 76.7 Å². The molecule has 2 aliphatic carbocycles. The largest absolute Gasteiger partial charge is 0.459 e. The van der Waals surface area contributed by atoms with Crippen molar-refractivity contribution in [3.63, 3.8) is 0 Å². The number of hydrogen-bond donors (Lipinski definition) is 4. The van der Waals surface area contributed by atoms with Crippen LogP contribution in [0.15, 0.2) is 108 Å². The molecule has 3 aromatic rings. The number of non-ortho nitro benzene ring substituents is 1. The number of carbonyl (C=O) groups is 2.